The minimum atomic E-state index is 0.250. The lowest BCUT2D eigenvalue weighted by atomic mass is 10.2. The maximum absolute atomic E-state index is 3.87. The van der Waals surface area contributed by atoms with Crippen LogP contribution in [0.3, 0.4) is 0 Å². The molecule has 1 atom stereocenters. The summed E-state index contributed by atoms with van der Waals surface area (Å²) < 4.78 is 0. The number of hydrogen-bond acceptors (Lipinski definition) is 2. The van der Waals surface area contributed by atoms with E-state index in [4.69, 9.17) is 0 Å². The quantitative estimate of drug-likeness (QED) is 0.770. The molecule has 82 valence electrons. The van der Waals surface area contributed by atoms with Crippen LogP contribution in [0.5, 0.6) is 0 Å². The van der Waals surface area contributed by atoms with E-state index in [-0.39, 0.29) is 6.04 Å². The lowest BCUT2D eigenvalue weighted by Gasteiger charge is -2.12. The van der Waals surface area contributed by atoms with E-state index in [0.29, 0.717) is 0 Å². The van der Waals surface area contributed by atoms with Gasteiger partial charge in [-0.2, -0.15) is 0 Å². The van der Waals surface area contributed by atoms with Crippen molar-refractivity contribution in [1.82, 2.24) is 5.32 Å². The molecule has 1 N–H and O–H groups in total. The van der Waals surface area contributed by atoms with E-state index in [1.54, 1.807) is 11.3 Å². The van der Waals surface area contributed by atoms with Gasteiger partial charge in [0.2, 0.25) is 0 Å². The molecule has 0 aliphatic rings. The minimum Gasteiger partial charge on any atom is -0.302 e. The van der Waals surface area contributed by atoms with Crippen molar-refractivity contribution < 1.29 is 0 Å². The van der Waals surface area contributed by atoms with Crippen molar-refractivity contribution >= 4 is 11.3 Å². The smallest absolute Gasteiger partial charge is 0.0600 e. The summed E-state index contributed by atoms with van der Waals surface area (Å²) in [6.45, 7) is 4.74. The van der Waals surface area contributed by atoms with Crippen molar-refractivity contribution in [1.29, 1.82) is 0 Å². The van der Waals surface area contributed by atoms with Crippen molar-refractivity contribution in [2.75, 3.05) is 0 Å². The van der Waals surface area contributed by atoms with Crippen LogP contribution in [0.1, 0.15) is 16.5 Å². The number of rotatable bonds is 5. The van der Waals surface area contributed by atoms with Crippen molar-refractivity contribution in [2.24, 2.45) is 0 Å². The van der Waals surface area contributed by atoms with Gasteiger partial charge in [-0.15, -0.1) is 17.9 Å². The van der Waals surface area contributed by atoms with E-state index in [2.05, 4.69) is 53.7 Å². The van der Waals surface area contributed by atoms with Crippen LogP contribution in [0.4, 0.5) is 0 Å². The molecule has 1 heterocycles. The van der Waals surface area contributed by atoms with Crippen LogP contribution in [0.25, 0.3) is 0 Å². The highest BCUT2D eigenvalue weighted by Crippen LogP contribution is 2.20. The molecule has 1 aromatic heterocycles. The monoisotopic (exact) mass is 229 g/mol. The molecule has 1 nitrogen and oxygen atoms in total. The van der Waals surface area contributed by atoms with Gasteiger partial charge in [0.1, 0.15) is 0 Å². The summed E-state index contributed by atoms with van der Waals surface area (Å²) in [4.78, 5) is 1.31. The van der Waals surface area contributed by atoms with Crippen molar-refractivity contribution in [3.63, 3.8) is 0 Å². The Labute approximate surface area is 100 Å². The molecule has 0 fully saturated rings. The fourth-order valence-corrected chi connectivity index (χ4v) is 2.39. The number of thiophene rings is 1. The van der Waals surface area contributed by atoms with Gasteiger partial charge in [0, 0.05) is 11.4 Å². The van der Waals surface area contributed by atoms with Gasteiger partial charge in [0.25, 0.3) is 0 Å². The molecule has 0 saturated carbocycles. The summed E-state index contributed by atoms with van der Waals surface area (Å²) >= 11 is 1.76. The Kier molecular flexibility index (Phi) is 3.91. The average Bonchev–Trinajstić information content (AvgIpc) is 2.85. The lowest BCUT2D eigenvalue weighted by molar-refractivity contribution is 0.630. The summed E-state index contributed by atoms with van der Waals surface area (Å²) in [6, 6.07) is 14.9. The maximum atomic E-state index is 3.87. The molecule has 2 rings (SSSR count). The second-order valence-corrected chi connectivity index (χ2v) is 4.57. The molecule has 0 bridgehead atoms. The molecule has 0 saturated heterocycles. The Bertz CT molecular complexity index is 419. The first-order valence-corrected chi connectivity index (χ1v) is 6.21. The summed E-state index contributed by atoms with van der Waals surface area (Å²) in [5, 5.41) is 5.57. The van der Waals surface area contributed by atoms with E-state index in [0.717, 1.165) is 6.54 Å². The third kappa shape index (κ3) is 2.81. The van der Waals surface area contributed by atoms with E-state index >= 15 is 0 Å². The van der Waals surface area contributed by atoms with E-state index in [1.807, 2.05) is 12.1 Å². The summed E-state index contributed by atoms with van der Waals surface area (Å²) in [5.41, 5.74) is 1.30. The first-order chi connectivity index (χ1) is 7.90. The highest BCUT2D eigenvalue weighted by atomic mass is 32.1. The van der Waals surface area contributed by atoms with Crippen LogP contribution in [0, 0.1) is 0 Å². The number of hydrogen-bond donors (Lipinski definition) is 1. The van der Waals surface area contributed by atoms with Gasteiger partial charge in [-0.25, -0.2) is 0 Å². The molecule has 0 aliphatic heterocycles. The normalized spacial score (nSPS) is 12.2. The Morgan fingerprint density at radius 3 is 2.62 bits per heavy atom. The molecule has 0 aliphatic carbocycles. The zero-order valence-corrected chi connectivity index (χ0v) is 9.91. The van der Waals surface area contributed by atoms with Crippen LogP contribution >= 0.6 is 11.3 Å². The van der Waals surface area contributed by atoms with Crippen molar-refractivity contribution in [2.45, 2.75) is 12.6 Å². The second-order valence-electron chi connectivity index (χ2n) is 3.60. The fraction of sp³-hybridized carbons (Fsp3) is 0.143. The molecule has 1 aromatic carbocycles. The third-order valence-electron chi connectivity index (χ3n) is 2.45. The van der Waals surface area contributed by atoms with Crippen LogP contribution in [-0.2, 0) is 6.54 Å². The predicted octanol–water partition coefficient (Wildman–Crippen LogP) is 3.77. The van der Waals surface area contributed by atoms with Gasteiger partial charge in [-0.3, -0.25) is 0 Å². The zero-order valence-electron chi connectivity index (χ0n) is 9.10. The first-order valence-electron chi connectivity index (χ1n) is 5.33. The Morgan fingerprint density at radius 1 is 1.19 bits per heavy atom. The highest BCUT2D eigenvalue weighted by Gasteiger charge is 2.06. The van der Waals surface area contributed by atoms with E-state index < -0.39 is 0 Å². The van der Waals surface area contributed by atoms with Crippen LogP contribution in [-0.4, -0.2) is 0 Å². The van der Waals surface area contributed by atoms with Crippen molar-refractivity contribution in [3.8, 4) is 0 Å². The van der Waals surface area contributed by atoms with Gasteiger partial charge in [0.15, 0.2) is 0 Å². The molecule has 2 heteroatoms. The SMILES string of the molecule is C=C[C@H](NCc1ccccc1)c1cccs1. The Hall–Kier alpha value is -1.38. The van der Waals surface area contributed by atoms with E-state index in [1.165, 1.54) is 10.4 Å². The first kappa shape index (κ1) is 11.1. The second kappa shape index (κ2) is 5.64. The molecule has 0 radical (unpaired) electrons. The molecular formula is C14H15NS. The number of benzene rings is 1. The number of nitrogens with one attached hydrogen (secondary N) is 1. The fourth-order valence-electron chi connectivity index (χ4n) is 1.59. The average molecular weight is 229 g/mol. The maximum Gasteiger partial charge on any atom is 0.0600 e. The van der Waals surface area contributed by atoms with Gasteiger partial charge in [-0.1, -0.05) is 42.5 Å². The van der Waals surface area contributed by atoms with Gasteiger partial charge in [0.05, 0.1) is 6.04 Å². The molecule has 16 heavy (non-hydrogen) atoms. The molecule has 2 aromatic rings. The van der Waals surface area contributed by atoms with Gasteiger partial charge >= 0.3 is 0 Å². The topological polar surface area (TPSA) is 12.0 Å². The predicted molar refractivity (Wildman–Crippen MR) is 70.5 cm³/mol. The van der Waals surface area contributed by atoms with Crippen LogP contribution in [0.15, 0.2) is 60.5 Å². The van der Waals surface area contributed by atoms with Crippen molar-refractivity contribution in [3.05, 3.63) is 70.9 Å². The lowest BCUT2D eigenvalue weighted by Crippen LogP contribution is -2.17. The Morgan fingerprint density at radius 2 is 2.00 bits per heavy atom. The minimum absolute atomic E-state index is 0.250. The van der Waals surface area contributed by atoms with Gasteiger partial charge in [-0.05, 0) is 17.0 Å². The Balaban J connectivity index is 1.96. The van der Waals surface area contributed by atoms with E-state index in [9.17, 15) is 0 Å². The summed E-state index contributed by atoms with van der Waals surface area (Å²) in [6.07, 6.45) is 1.95. The molecule has 0 unspecified atom stereocenters. The van der Waals surface area contributed by atoms with Gasteiger partial charge < -0.3 is 5.32 Å². The standard InChI is InChI=1S/C14H15NS/c1-2-13(14-9-6-10-16-14)15-11-12-7-4-3-5-8-12/h2-10,13,15H,1,11H2/t13-/m0/s1. The zero-order chi connectivity index (χ0) is 11.2. The van der Waals surface area contributed by atoms with Crippen LogP contribution < -0.4 is 5.32 Å². The highest BCUT2D eigenvalue weighted by molar-refractivity contribution is 7.10. The molecule has 0 amide bonds. The summed E-state index contributed by atoms with van der Waals surface area (Å²) in [7, 11) is 0. The molecular weight excluding hydrogens is 214 g/mol. The van der Waals surface area contributed by atoms with Crippen LogP contribution in [0.2, 0.25) is 0 Å². The molecule has 0 spiro atoms. The largest absolute Gasteiger partial charge is 0.302 e. The third-order valence-corrected chi connectivity index (χ3v) is 3.41. The summed E-state index contributed by atoms with van der Waals surface area (Å²) in [5.74, 6) is 0.